The summed E-state index contributed by atoms with van der Waals surface area (Å²) in [5, 5.41) is 4.89. The molecule has 1 N–H and O–H groups in total. The number of hydrogen-bond acceptors (Lipinski definition) is 3. The molecule has 1 aromatic heterocycles. The number of benzene rings is 1. The fourth-order valence-electron chi connectivity index (χ4n) is 2.54. The molecule has 2 heterocycles. The topological polar surface area (TPSA) is 49.4 Å². The highest BCUT2D eigenvalue weighted by atomic mass is 32.1. The fourth-order valence-corrected chi connectivity index (χ4v) is 3.28. The molecular formula is C17H16N2O2S. The first-order valence-electron chi connectivity index (χ1n) is 7.01. The van der Waals surface area contributed by atoms with E-state index in [0.29, 0.717) is 11.3 Å². The van der Waals surface area contributed by atoms with Crippen molar-refractivity contribution in [3.63, 3.8) is 0 Å². The molecule has 1 aliphatic rings. The largest absolute Gasteiger partial charge is 0.347 e. The van der Waals surface area contributed by atoms with Crippen LogP contribution in [0.5, 0.6) is 0 Å². The summed E-state index contributed by atoms with van der Waals surface area (Å²) < 4.78 is 0. The van der Waals surface area contributed by atoms with Crippen LogP contribution in [0.15, 0.2) is 48.4 Å². The van der Waals surface area contributed by atoms with Crippen LogP contribution < -0.4 is 5.32 Å². The number of carbonyl (C=O) groups excluding carboxylic acids is 2. The van der Waals surface area contributed by atoms with Crippen molar-refractivity contribution in [2.24, 2.45) is 0 Å². The van der Waals surface area contributed by atoms with Crippen molar-refractivity contribution in [1.82, 2.24) is 10.2 Å². The molecule has 4 nitrogen and oxygen atoms in total. The average Bonchev–Trinajstić information content (AvgIpc) is 3.12. The van der Waals surface area contributed by atoms with Gasteiger partial charge in [-0.05, 0) is 24.4 Å². The Morgan fingerprint density at radius 2 is 2.00 bits per heavy atom. The van der Waals surface area contributed by atoms with Crippen LogP contribution in [0.3, 0.4) is 0 Å². The van der Waals surface area contributed by atoms with E-state index >= 15 is 0 Å². The van der Waals surface area contributed by atoms with Gasteiger partial charge in [-0.15, -0.1) is 11.3 Å². The van der Waals surface area contributed by atoms with Crippen molar-refractivity contribution >= 4 is 28.8 Å². The molecular weight excluding hydrogens is 296 g/mol. The molecule has 2 aromatic rings. The van der Waals surface area contributed by atoms with E-state index in [9.17, 15) is 9.59 Å². The van der Waals surface area contributed by atoms with Crippen LogP contribution in [0.4, 0.5) is 0 Å². The number of nitrogens with zero attached hydrogens (tertiary/aromatic N) is 1. The number of nitrogens with one attached hydrogen (secondary N) is 1. The number of amides is 2. The molecule has 112 valence electrons. The second kappa shape index (κ2) is 5.77. The van der Waals surface area contributed by atoms with Gasteiger partial charge in [-0.1, -0.05) is 30.8 Å². The number of fused-ring (bicyclic) bond motifs is 1. The third-order valence-corrected chi connectivity index (χ3v) is 4.74. The van der Waals surface area contributed by atoms with Crippen LogP contribution in [0.25, 0.3) is 5.70 Å². The Morgan fingerprint density at radius 3 is 2.64 bits per heavy atom. The minimum absolute atomic E-state index is 0.0118. The Balaban J connectivity index is 1.68. The van der Waals surface area contributed by atoms with E-state index < -0.39 is 0 Å². The van der Waals surface area contributed by atoms with Crippen LogP contribution >= 0.6 is 11.3 Å². The molecule has 5 heteroatoms. The molecule has 0 saturated carbocycles. The number of hydrogen-bond donors (Lipinski definition) is 1. The van der Waals surface area contributed by atoms with Gasteiger partial charge in [0.05, 0.1) is 6.04 Å². The van der Waals surface area contributed by atoms with E-state index in [-0.39, 0.29) is 24.4 Å². The Kier molecular flexibility index (Phi) is 3.81. The summed E-state index contributed by atoms with van der Waals surface area (Å²) in [6.45, 7) is 5.85. The van der Waals surface area contributed by atoms with Gasteiger partial charge in [-0.3, -0.25) is 14.5 Å². The summed E-state index contributed by atoms with van der Waals surface area (Å²) in [6.07, 6.45) is 0. The fraction of sp³-hybridized carbons (Fsp3) is 0.176. The van der Waals surface area contributed by atoms with E-state index in [1.807, 2.05) is 42.6 Å². The van der Waals surface area contributed by atoms with Crippen molar-refractivity contribution in [3.8, 4) is 0 Å². The first-order chi connectivity index (χ1) is 10.6. The van der Waals surface area contributed by atoms with Crippen LogP contribution in [0, 0.1) is 0 Å². The van der Waals surface area contributed by atoms with E-state index in [2.05, 4.69) is 11.9 Å². The predicted molar refractivity (Wildman–Crippen MR) is 87.4 cm³/mol. The third kappa shape index (κ3) is 2.55. The summed E-state index contributed by atoms with van der Waals surface area (Å²) in [5.74, 6) is -0.359. The smallest absolute Gasteiger partial charge is 0.259 e. The van der Waals surface area contributed by atoms with Gasteiger partial charge in [0.15, 0.2) is 0 Å². The second-order valence-corrected chi connectivity index (χ2v) is 6.17. The van der Waals surface area contributed by atoms with Crippen molar-refractivity contribution in [2.75, 3.05) is 6.54 Å². The molecule has 0 spiro atoms. The first-order valence-corrected chi connectivity index (χ1v) is 7.89. The lowest BCUT2D eigenvalue weighted by molar-refractivity contribution is -0.121. The quantitative estimate of drug-likeness (QED) is 0.943. The van der Waals surface area contributed by atoms with Gasteiger partial charge >= 0.3 is 0 Å². The molecule has 0 aliphatic carbocycles. The lowest BCUT2D eigenvalue weighted by Crippen LogP contribution is -2.37. The summed E-state index contributed by atoms with van der Waals surface area (Å²) in [7, 11) is 0. The Labute approximate surface area is 133 Å². The minimum Gasteiger partial charge on any atom is -0.347 e. The molecule has 1 aromatic carbocycles. The number of thiophene rings is 1. The summed E-state index contributed by atoms with van der Waals surface area (Å²) in [5.41, 5.74) is 1.98. The van der Waals surface area contributed by atoms with Crippen molar-refractivity contribution < 1.29 is 9.59 Å². The Bertz CT molecular complexity index is 702. The van der Waals surface area contributed by atoms with Crippen molar-refractivity contribution in [3.05, 3.63) is 64.4 Å². The first kappa shape index (κ1) is 14.5. The third-order valence-electron chi connectivity index (χ3n) is 3.69. The highest BCUT2D eigenvalue weighted by molar-refractivity contribution is 7.10. The van der Waals surface area contributed by atoms with Crippen molar-refractivity contribution in [1.29, 1.82) is 0 Å². The van der Waals surface area contributed by atoms with E-state index in [1.165, 1.54) is 4.90 Å². The maximum absolute atomic E-state index is 12.3. The predicted octanol–water partition coefficient (Wildman–Crippen LogP) is 3.05. The SMILES string of the molecule is C=C1c2ccccc2C(=O)N1CC(=O)NC(C)c1cccs1. The van der Waals surface area contributed by atoms with Crippen LogP contribution in [0.2, 0.25) is 0 Å². The van der Waals surface area contributed by atoms with Gasteiger partial charge in [-0.25, -0.2) is 0 Å². The normalized spacial score (nSPS) is 14.9. The zero-order chi connectivity index (χ0) is 15.7. The summed E-state index contributed by atoms with van der Waals surface area (Å²) in [6, 6.07) is 11.1. The van der Waals surface area contributed by atoms with Gasteiger partial charge in [0, 0.05) is 21.7 Å². The summed E-state index contributed by atoms with van der Waals surface area (Å²) >= 11 is 1.59. The molecule has 1 unspecified atom stereocenters. The molecule has 1 atom stereocenters. The lowest BCUT2D eigenvalue weighted by atomic mass is 10.1. The Morgan fingerprint density at radius 1 is 1.27 bits per heavy atom. The molecule has 0 saturated heterocycles. The molecule has 2 amide bonds. The Hall–Kier alpha value is -2.40. The molecule has 1 aliphatic heterocycles. The molecule has 0 fully saturated rings. The summed E-state index contributed by atoms with van der Waals surface area (Å²) in [4.78, 5) is 27.1. The molecule has 0 bridgehead atoms. The van der Waals surface area contributed by atoms with Crippen LogP contribution in [-0.2, 0) is 4.79 Å². The van der Waals surface area contributed by atoms with E-state index in [1.54, 1.807) is 17.4 Å². The van der Waals surface area contributed by atoms with Crippen LogP contribution in [-0.4, -0.2) is 23.3 Å². The highest BCUT2D eigenvalue weighted by Gasteiger charge is 2.32. The molecule has 22 heavy (non-hydrogen) atoms. The van der Waals surface area contributed by atoms with Crippen molar-refractivity contribution in [2.45, 2.75) is 13.0 Å². The number of rotatable bonds is 4. The number of carbonyl (C=O) groups is 2. The van der Waals surface area contributed by atoms with E-state index in [0.717, 1.165) is 10.4 Å². The maximum atomic E-state index is 12.3. The highest BCUT2D eigenvalue weighted by Crippen LogP contribution is 2.30. The van der Waals surface area contributed by atoms with Gasteiger partial charge in [0.1, 0.15) is 6.54 Å². The van der Waals surface area contributed by atoms with Crippen LogP contribution in [0.1, 0.15) is 33.8 Å². The molecule has 0 radical (unpaired) electrons. The van der Waals surface area contributed by atoms with Gasteiger partial charge in [-0.2, -0.15) is 0 Å². The van der Waals surface area contributed by atoms with Gasteiger partial charge < -0.3 is 5.32 Å². The van der Waals surface area contributed by atoms with Gasteiger partial charge in [0.25, 0.3) is 5.91 Å². The average molecular weight is 312 g/mol. The second-order valence-electron chi connectivity index (χ2n) is 5.19. The zero-order valence-electron chi connectivity index (χ0n) is 12.2. The van der Waals surface area contributed by atoms with Gasteiger partial charge in [0.2, 0.25) is 5.91 Å². The lowest BCUT2D eigenvalue weighted by Gasteiger charge is -2.19. The maximum Gasteiger partial charge on any atom is 0.259 e. The minimum atomic E-state index is -0.191. The molecule has 3 rings (SSSR count). The zero-order valence-corrected chi connectivity index (χ0v) is 13.0. The standard InChI is InChI=1S/C17H16N2O2S/c1-11(15-8-5-9-22-15)18-16(20)10-19-12(2)13-6-3-4-7-14(13)17(19)21/h3-9,11H,2,10H2,1H3,(H,18,20). The monoisotopic (exact) mass is 312 g/mol. The van der Waals surface area contributed by atoms with E-state index in [4.69, 9.17) is 0 Å².